The van der Waals surface area contributed by atoms with Crippen molar-refractivity contribution in [3.63, 3.8) is 0 Å². The molecule has 4 heteroatoms. The second kappa shape index (κ2) is 5.54. The summed E-state index contributed by atoms with van der Waals surface area (Å²) in [6.07, 6.45) is 1.05. The summed E-state index contributed by atoms with van der Waals surface area (Å²) in [4.78, 5) is 16.4. The molecule has 3 rings (SSSR count). The fourth-order valence-corrected chi connectivity index (χ4v) is 2.95. The van der Waals surface area contributed by atoms with Gasteiger partial charge in [0, 0.05) is 38.3 Å². The number of hydrogen-bond acceptors (Lipinski definition) is 4. The minimum atomic E-state index is -0.172. The van der Waals surface area contributed by atoms with Gasteiger partial charge in [-0.05, 0) is 37.6 Å². The largest absolute Gasteiger partial charge is 0.457 e. The van der Waals surface area contributed by atoms with E-state index in [2.05, 4.69) is 29.8 Å². The van der Waals surface area contributed by atoms with Gasteiger partial charge in [-0.25, -0.2) is 4.79 Å². The van der Waals surface area contributed by atoms with Crippen LogP contribution in [0.3, 0.4) is 0 Å². The van der Waals surface area contributed by atoms with Crippen LogP contribution in [0.2, 0.25) is 0 Å². The first-order valence-corrected chi connectivity index (χ1v) is 7.34. The first kappa shape index (κ1) is 13.6. The van der Waals surface area contributed by atoms with E-state index in [4.69, 9.17) is 4.74 Å². The Morgan fingerprint density at radius 3 is 2.70 bits per heavy atom. The van der Waals surface area contributed by atoms with Crippen LogP contribution in [0.4, 0.5) is 0 Å². The molecule has 0 atom stereocenters. The summed E-state index contributed by atoms with van der Waals surface area (Å²) in [5.41, 5.74) is 4.36. The first-order valence-electron chi connectivity index (χ1n) is 7.34. The van der Waals surface area contributed by atoms with E-state index in [-0.39, 0.29) is 5.97 Å². The van der Waals surface area contributed by atoms with Gasteiger partial charge in [-0.1, -0.05) is 6.07 Å². The summed E-state index contributed by atoms with van der Waals surface area (Å²) in [7, 11) is 2.18. The van der Waals surface area contributed by atoms with Gasteiger partial charge >= 0.3 is 5.97 Å². The van der Waals surface area contributed by atoms with Crippen LogP contribution in [0.25, 0.3) is 0 Å². The quantitative estimate of drug-likeness (QED) is 0.781. The molecule has 1 saturated heterocycles. The highest BCUT2D eigenvalue weighted by molar-refractivity contribution is 5.93. The first-order chi connectivity index (χ1) is 9.63. The molecule has 0 radical (unpaired) electrons. The third-order valence-corrected chi connectivity index (χ3v) is 4.43. The molecule has 0 aliphatic carbocycles. The average molecular weight is 274 g/mol. The van der Waals surface area contributed by atoms with Crippen LogP contribution in [-0.2, 0) is 17.8 Å². The Kier molecular flexibility index (Phi) is 3.76. The second-order valence-electron chi connectivity index (χ2n) is 5.91. The van der Waals surface area contributed by atoms with Gasteiger partial charge in [-0.2, -0.15) is 0 Å². The lowest BCUT2D eigenvalue weighted by Crippen LogP contribution is -2.45. The van der Waals surface area contributed by atoms with Crippen LogP contribution >= 0.6 is 0 Å². The van der Waals surface area contributed by atoms with Crippen molar-refractivity contribution in [2.75, 3.05) is 39.8 Å². The molecule has 0 bridgehead atoms. The molecule has 2 aliphatic heterocycles. The summed E-state index contributed by atoms with van der Waals surface area (Å²) in [6.45, 7) is 8.25. The molecule has 2 aliphatic rings. The standard InChI is InChI=1S/C16H22N2O2/c1-12-9-15-14(11-20-16(15)19)10-13(12)3-4-18-7-5-17(2)6-8-18/h9-10H,3-8,11H2,1-2H3. The maximum Gasteiger partial charge on any atom is 0.338 e. The predicted molar refractivity (Wildman–Crippen MR) is 77.9 cm³/mol. The number of piperazine rings is 1. The van der Waals surface area contributed by atoms with Crippen molar-refractivity contribution in [1.82, 2.24) is 9.80 Å². The maximum atomic E-state index is 11.5. The van der Waals surface area contributed by atoms with Crippen LogP contribution in [0.5, 0.6) is 0 Å². The van der Waals surface area contributed by atoms with Crippen LogP contribution < -0.4 is 0 Å². The van der Waals surface area contributed by atoms with Crippen molar-refractivity contribution in [3.8, 4) is 0 Å². The Bertz CT molecular complexity index is 519. The number of ether oxygens (including phenoxy) is 1. The fourth-order valence-electron chi connectivity index (χ4n) is 2.95. The van der Waals surface area contributed by atoms with Gasteiger partial charge in [0.25, 0.3) is 0 Å². The molecule has 0 aromatic heterocycles. The molecule has 2 heterocycles. The lowest BCUT2D eigenvalue weighted by molar-refractivity contribution is 0.0535. The molecule has 1 fully saturated rings. The van der Waals surface area contributed by atoms with Gasteiger partial charge in [0.1, 0.15) is 6.61 Å². The Morgan fingerprint density at radius 1 is 1.20 bits per heavy atom. The maximum absolute atomic E-state index is 11.5. The van der Waals surface area contributed by atoms with E-state index >= 15 is 0 Å². The number of aryl methyl sites for hydroxylation is 1. The summed E-state index contributed by atoms with van der Waals surface area (Å²) in [6, 6.07) is 4.15. The Hall–Kier alpha value is -1.39. The average Bonchev–Trinajstić information content (AvgIpc) is 2.79. The summed E-state index contributed by atoms with van der Waals surface area (Å²) in [5, 5.41) is 0. The predicted octanol–water partition coefficient (Wildman–Crippen LogP) is 1.46. The van der Waals surface area contributed by atoms with Crippen molar-refractivity contribution in [1.29, 1.82) is 0 Å². The number of hydrogen-bond donors (Lipinski definition) is 0. The Labute approximate surface area is 120 Å². The monoisotopic (exact) mass is 274 g/mol. The molecule has 1 aromatic rings. The highest BCUT2D eigenvalue weighted by Gasteiger charge is 2.22. The van der Waals surface area contributed by atoms with E-state index in [1.807, 2.05) is 6.07 Å². The SMILES string of the molecule is Cc1cc2c(cc1CCN1CCN(C)CC1)COC2=O. The topological polar surface area (TPSA) is 32.8 Å². The van der Waals surface area contributed by atoms with E-state index in [0.29, 0.717) is 6.61 Å². The van der Waals surface area contributed by atoms with Crippen molar-refractivity contribution >= 4 is 5.97 Å². The van der Waals surface area contributed by atoms with Crippen LogP contribution in [-0.4, -0.2) is 55.5 Å². The summed E-state index contributed by atoms with van der Waals surface area (Å²) < 4.78 is 5.08. The highest BCUT2D eigenvalue weighted by Crippen LogP contribution is 2.24. The van der Waals surface area contributed by atoms with Gasteiger partial charge < -0.3 is 14.5 Å². The van der Waals surface area contributed by atoms with Gasteiger partial charge in [0.15, 0.2) is 0 Å². The van der Waals surface area contributed by atoms with E-state index < -0.39 is 0 Å². The normalized spacial score (nSPS) is 20.0. The van der Waals surface area contributed by atoms with Crippen molar-refractivity contribution in [2.24, 2.45) is 0 Å². The fraction of sp³-hybridized carbons (Fsp3) is 0.562. The molecular weight excluding hydrogens is 252 g/mol. The van der Waals surface area contributed by atoms with Crippen molar-refractivity contribution in [2.45, 2.75) is 20.0 Å². The minimum Gasteiger partial charge on any atom is -0.457 e. The number of likely N-dealkylation sites (N-methyl/N-ethyl adjacent to an activating group) is 1. The molecule has 4 nitrogen and oxygen atoms in total. The number of fused-ring (bicyclic) bond motifs is 1. The summed E-state index contributed by atoms with van der Waals surface area (Å²) >= 11 is 0. The molecule has 0 saturated carbocycles. The molecule has 0 amide bonds. The molecule has 0 N–H and O–H groups in total. The minimum absolute atomic E-state index is 0.172. The van der Waals surface area contributed by atoms with E-state index in [1.54, 1.807) is 0 Å². The zero-order valence-electron chi connectivity index (χ0n) is 12.3. The van der Waals surface area contributed by atoms with Crippen LogP contribution in [0.15, 0.2) is 12.1 Å². The lowest BCUT2D eigenvalue weighted by atomic mass is 9.98. The number of cyclic esters (lactones) is 1. The number of benzene rings is 1. The lowest BCUT2D eigenvalue weighted by Gasteiger charge is -2.32. The number of rotatable bonds is 3. The number of nitrogens with zero attached hydrogens (tertiary/aromatic N) is 2. The second-order valence-corrected chi connectivity index (χ2v) is 5.91. The smallest absolute Gasteiger partial charge is 0.338 e. The Morgan fingerprint density at radius 2 is 1.95 bits per heavy atom. The van der Waals surface area contributed by atoms with Gasteiger partial charge in [0.05, 0.1) is 5.56 Å². The van der Waals surface area contributed by atoms with E-state index in [9.17, 15) is 4.79 Å². The van der Waals surface area contributed by atoms with Crippen molar-refractivity contribution in [3.05, 3.63) is 34.4 Å². The zero-order valence-corrected chi connectivity index (χ0v) is 12.3. The molecule has 108 valence electrons. The third kappa shape index (κ3) is 2.72. The van der Waals surface area contributed by atoms with Crippen molar-refractivity contribution < 1.29 is 9.53 Å². The number of esters is 1. The highest BCUT2D eigenvalue weighted by atomic mass is 16.5. The summed E-state index contributed by atoms with van der Waals surface area (Å²) in [5.74, 6) is -0.172. The molecule has 0 spiro atoms. The van der Waals surface area contributed by atoms with Gasteiger partial charge in [0.2, 0.25) is 0 Å². The van der Waals surface area contributed by atoms with Gasteiger partial charge in [-0.3, -0.25) is 0 Å². The third-order valence-electron chi connectivity index (χ3n) is 4.43. The zero-order chi connectivity index (χ0) is 14.1. The Balaban J connectivity index is 1.65. The van der Waals surface area contributed by atoms with E-state index in [1.165, 1.54) is 11.1 Å². The van der Waals surface area contributed by atoms with Gasteiger partial charge in [-0.15, -0.1) is 0 Å². The molecular formula is C16H22N2O2. The number of carbonyl (C=O) groups excluding carboxylic acids is 1. The molecule has 0 unspecified atom stereocenters. The number of carbonyl (C=O) groups is 1. The molecule has 20 heavy (non-hydrogen) atoms. The molecule has 1 aromatic carbocycles. The van der Waals surface area contributed by atoms with Crippen LogP contribution in [0.1, 0.15) is 27.0 Å². The van der Waals surface area contributed by atoms with Crippen LogP contribution in [0, 0.1) is 6.92 Å². The van der Waals surface area contributed by atoms with E-state index in [0.717, 1.165) is 50.3 Å².